The summed E-state index contributed by atoms with van der Waals surface area (Å²) in [6.07, 6.45) is 3.44. The van der Waals surface area contributed by atoms with Gasteiger partial charge in [0.05, 0.1) is 18.3 Å². The van der Waals surface area contributed by atoms with Crippen molar-refractivity contribution in [2.75, 3.05) is 14.2 Å². The van der Waals surface area contributed by atoms with Gasteiger partial charge in [0.2, 0.25) is 5.88 Å². The first-order valence-electron chi connectivity index (χ1n) is 6.43. The summed E-state index contributed by atoms with van der Waals surface area (Å²) in [5, 5.41) is 7.09. The van der Waals surface area contributed by atoms with Gasteiger partial charge in [-0.25, -0.2) is 9.50 Å². The molecule has 0 atom stereocenters. The Bertz CT molecular complexity index is 810. The second-order valence-corrected chi connectivity index (χ2v) is 4.48. The van der Waals surface area contributed by atoms with E-state index >= 15 is 0 Å². The lowest BCUT2D eigenvalue weighted by molar-refractivity contribution is 0.0963. The summed E-state index contributed by atoms with van der Waals surface area (Å²) in [6, 6.07) is 9.14. The maximum atomic E-state index is 11.7. The van der Waals surface area contributed by atoms with Crippen molar-refractivity contribution in [3.8, 4) is 17.1 Å². The molecule has 106 valence electrons. The third-order valence-corrected chi connectivity index (χ3v) is 3.19. The largest absolute Gasteiger partial charge is 0.481 e. The molecule has 6 heteroatoms. The molecule has 0 saturated heterocycles. The van der Waals surface area contributed by atoms with Crippen LogP contribution in [0, 0.1) is 0 Å². The lowest BCUT2D eigenvalue weighted by Gasteiger charge is -2.00. The van der Waals surface area contributed by atoms with Gasteiger partial charge in [-0.2, -0.15) is 5.10 Å². The number of pyridine rings is 2. The standard InChI is InChI=1S/C15H14N4O2/c1-16-15(20)11-4-6-19-12(7-11)9-13(18-19)10-3-5-17-14(8-10)21-2/h3-9H,1-2H3,(H,16,20). The van der Waals surface area contributed by atoms with Crippen molar-refractivity contribution < 1.29 is 9.53 Å². The molecule has 6 nitrogen and oxygen atoms in total. The van der Waals surface area contributed by atoms with Crippen molar-refractivity contribution in [2.45, 2.75) is 0 Å². The lowest BCUT2D eigenvalue weighted by Crippen LogP contribution is -2.17. The van der Waals surface area contributed by atoms with Gasteiger partial charge in [-0.3, -0.25) is 4.79 Å². The lowest BCUT2D eigenvalue weighted by atomic mass is 10.2. The van der Waals surface area contributed by atoms with Crippen LogP contribution in [0.25, 0.3) is 16.8 Å². The minimum Gasteiger partial charge on any atom is -0.481 e. The normalized spacial score (nSPS) is 10.6. The van der Waals surface area contributed by atoms with Crippen molar-refractivity contribution in [3.05, 3.63) is 48.3 Å². The average molecular weight is 282 g/mol. The smallest absolute Gasteiger partial charge is 0.251 e. The Balaban J connectivity index is 2.06. The van der Waals surface area contributed by atoms with Crippen LogP contribution in [0.15, 0.2) is 42.7 Å². The summed E-state index contributed by atoms with van der Waals surface area (Å²) >= 11 is 0. The van der Waals surface area contributed by atoms with Crippen molar-refractivity contribution in [1.29, 1.82) is 0 Å². The molecule has 3 rings (SSSR count). The Labute approximate surface area is 121 Å². The number of carbonyl (C=O) groups is 1. The van der Waals surface area contributed by atoms with Crippen LogP contribution in [0.1, 0.15) is 10.4 Å². The molecule has 0 unspecified atom stereocenters. The molecule has 0 aliphatic heterocycles. The summed E-state index contributed by atoms with van der Waals surface area (Å²) < 4.78 is 6.85. The van der Waals surface area contributed by atoms with Crippen LogP contribution >= 0.6 is 0 Å². The predicted octanol–water partition coefficient (Wildman–Crippen LogP) is 1.76. The number of rotatable bonds is 3. The topological polar surface area (TPSA) is 68.5 Å². The first-order valence-corrected chi connectivity index (χ1v) is 6.43. The Hall–Kier alpha value is -2.89. The van der Waals surface area contributed by atoms with E-state index in [0.717, 1.165) is 16.8 Å². The van der Waals surface area contributed by atoms with Crippen LogP contribution in [0.5, 0.6) is 5.88 Å². The molecule has 0 aromatic carbocycles. The molecule has 0 radical (unpaired) electrons. The SMILES string of the molecule is CNC(=O)c1ccn2nc(-c3ccnc(OC)c3)cc2c1. The summed E-state index contributed by atoms with van der Waals surface area (Å²) in [5.74, 6) is 0.418. The van der Waals surface area contributed by atoms with Gasteiger partial charge < -0.3 is 10.1 Å². The number of hydrogen-bond donors (Lipinski definition) is 1. The van der Waals surface area contributed by atoms with Gasteiger partial charge in [-0.15, -0.1) is 0 Å². The fourth-order valence-corrected chi connectivity index (χ4v) is 2.10. The average Bonchev–Trinajstić information content (AvgIpc) is 2.97. The molecule has 0 aliphatic rings. The van der Waals surface area contributed by atoms with Gasteiger partial charge >= 0.3 is 0 Å². The highest BCUT2D eigenvalue weighted by Crippen LogP contribution is 2.22. The highest BCUT2D eigenvalue weighted by atomic mass is 16.5. The summed E-state index contributed by atoms with van der Waals surface area (Å²) in [5.41, 5.74) is 3.16. The molecule has 0 bridgehead atoms. The maximum Gasteiger partial charge on any atom is 0.251 e. The van der Waals surface area contributed by atoms with Crippen LogP contribution in [-0.2, 0) is 0 Å². The number of nitrogens with one attached hydrogen (secondary N) is 1. The molecule has 3 heterocycles. The van der Waals surface area contributed by atoms with Gasteiger partial charge in [0.15, 0.2) is 0 Å². The van der Waals surface area contributed by atoms with Gasteiger partial charge in [0.1, 0.15) is 0 Å². The van der Waals surface area contributed by atoms with Gasteiger partial charge in [-0.05, 0) is 24.3 Å². The fraction of sp³-hybridized carbons (Fsp3) is 0.133. The number of fused-ring (bicyclic) bond motifs is 1. The number of aromatic nitrogens is 3. The number of carbonyl (C=O) groups excluding carboxylic acids is 1. The first kappa shape index (κ1) is 13.1. The van der Waals surface area contributed by atoms with Crippen LogP contribution in [0.4, 0.5) is 0 Å². The summed E-state index contributed by atoms with van der Waals surface area (Å²) in [6.45, 7) is 0. The third-order valence-electron chi connectivity index (χ3n) is 3.19. The van der Waals surface area contributed by atoms with Crippen LogP contribution in [-0.4, -0.2) is 34.7 Å². The Morgan fingerprint density at radius 3 is 2.90 bits per heavy atom. The molecule has 0 aliphatic carbocycles. The Morgan fingerprint density at radius 2 is 2.14 bits per heavy atom. The highest BCUT2D eigenvalue weighted by Gasteiger charge is 2.09. The van der Waals surface area contributed by atoms with E-state index in [2.05, 4.69) is 15.4 Å². The Kier molecular flexibility index (Phi) is 3.27. The van der Waals surface area contributed by atoms with Gasteiger partial charge in [0.25, 0.3) is 5.91 Å². The third kappa shape index (κ3) is 2.43. The minimum atomic E-state index is -0.120. The number of methoxy groups -OCH3 is 1. The summed E-state index contributed by atoms with van der Waals surface area (Å²) in [7, 11) is 3.18. The van der Waals surface area contributed by atoms with Gasteiger partial charge in [-0.1, -0.05) is 0 Å². The molecular formula is C15H14N4O2. The molecule has 0 saturated carbocycles. The van der Waals surface area contributed by atoms with Crippen molar-refractivity contribution >= 4 is 11.4 Å². The van der Waals surface area contributed by atoms with E-state index in [9.17, 15) is 4.79 Å². The van der Waals surface area contributed by atoms with Crippen molar-refractivity contribution in [3.63, 3.8) is 0 Å². The van der Waals surface area contributed by atoms with E-state index in [-0.39, 0.29) is 5.91 Å². The van der Waals surface area contributed by atoms with E-state index < -0.39 is 0 Å². The second-order valence-electron chi connectivity index (χ2n) is 4.48. The van der Waals surface area contributed by atoms with E-state index in [1.165, 1.54) is 0 Å². The van der Waals surface area contributed by atoms with E-state index in [1.807, 2.05) is 18.2 Å². The number of nitrogens with zero attached hydrogens (tertiary/aromatic N) is 3. The van der Waals surface area contributed by atoms with E-state index in [0.29, 0.717) is 11.4 Å². The predicted molar refractivity (Wildman–Crippen MR) is 78.4 cm³/mol. The van der Waals surface area contributed by atoms with Crippen LogP contribution in [0.2, 0.25) is 0 Å². The zero-order chi connectivity index (χ0) is 14.8. The number of ether oxygens (including phenoxy) is 1. The molecule has 21 heavy (non-hydrogen) atoms. The fourth-order valence-electron chi connectivity index (χ4n) is 2.10. The number of hydrogen-bond acceptors (Lipinski definition) is 4. The zero-order valence-electron chi connectivity index (χ0n) is 11.7. The molecule has 0 fully saturated rings. The zero-order valence-corrected chi connectivity index (χ0v) is 11.7. The molecule has 3 aromatic heterocycles. The van der Waals surface area contributed by atoms with E-state index in [4.69, 9.17) is 4.74 Å². The van der Waals surface area contributed by atoms with Crippen LogP contribution < -0.4 is 10.1 Å². The quantitative estimate of drug-likeness (QED) is 0.795. The second kappa shape index (κ2) is 5.24. The van der Waals surface area contributed by atoms with Crippen LogP contribution in [0.3, 0.4) is 0 Å². The molecular weight excluding hydrogens is 268 g/mol. The molecule has 0 spiro atoms. The number of amides is 1. The monoisotopic (exact) mass is 282 g/mol. The minimum absolute atomic E-state index is 0.120. The Morgan fingerprint density at radius 1 is 1.29 bits per heavy atom. The molecule has 3 aromatic rings. The van der Waals surface area contributed by atoms with Crippen molar-refractivity contribution in [1.82, 2.24) is 19.9 Å². The summed E-state index contributed by atoms with van der Waals surface area (Å²) in [4.78, 5) is 15.7. The molecule has 1 N–H and O–H groups in total. The highest BCUT2D eigenvalue weighted by molar-refractivity contribution is 5.95. The van der Waals surface area contributed by atoms with Gasteiger partial charge in [0, 0.05) is 36.6 Å². The first-order chi connectivity index (χ1) is 10.2. The molecule has 1 amide bonds. The van der Waals surface area contributed by atoms with Crippen molar-refractivity contribution in [2.24, 2.45) is 0 Å². The maximum absolute atomic E-state index is 11.7. The van der Waals surface area contributed by atoms with E-state index in [1.54, 1.807) is 43.2 Å².